The van der Waals surface area contributed by atoms with Crippen LogP contribution < -0.4 is 0 Å². The quantitative estimate of drug-likeness (QED) is 0.716. The Labute approximate surface area is 112 Å². The van der Waals surface area contributed by atoms with Crippen molar-refractivity contribution in [1.29, 1.82) is 0 Å². The lowest BCUT2D eigenvalue weighted by Gasteiger charge is -1.99. The van der Waals surface area contributed by atoms with Crippen molar-refractivity contribution < 1.29 is 14.3 Å². The summed E-state index contributed by atoms with van der Waals surface area (Å²) < 4.78 is 13.7. The number of hydrogen-bond donors (Lipinski definition) is 1. The van der Waals surface area contributed by atoms with E-state index in [0.717, 1.165) is 4.70 Å². The van der Waals surface area contributed by atoms with E-state index in [-0.39, 0.29) is 16.4 Å². The van der Waals surface area contributed by atoms with Crippen molar-refractivity contribution in [2.75, 3.05) is 0 Å². The third-order valence-corrected chi connectivity index (χ3v) is 4.04. The number of thiophene rings is 1. The van der Waals surface area contributed by atoms with Crippen LogP contribution in [0, 0.1) is 5.82 Å². The monoisotopic (exact) mass is 272 g/mol. The van der Waals surface area contributed by atoms with Crippen molar-refractivity contribution in [3.05, 3.63) is 64.8 Å². The number of fused-ring (bicyclic) bond motifs is 1. The highest BCUT2D eigenvalue weighted by Gasteiger charge is 2.19. The third kappa shape index (κ3) is 2.00. The molecule has 1 aromatic heterocycles. The smallest absolute Gasteiger partial charge is 0.206 e. The van der Waals surface area contributed by atoms with Crippen LogP contribution in [0.1, 0.15) is 15.2 Å². The number of aromatic hydroxyl groups is 1. The fourth-order valence-corrected chi connectivity index (χ4v) is 2.98. The Balaban J connectivity index is 2.11. The molecule has 0 aliphatic heterocycles. The van der Waals surface area contributed by atoms with Gasteiger partial charge in [-0.1, -0.05) is 12.1 Å². The Morgan fingerprint density at radius 2 is 1.74 bits per heavy atom. The lowest BCUT2D eigenvalue weighted by molar-refractivity contribution is 0.104. The van der Waals surface area contributed by atoms with E-state index in [0.29, 0.717) is 10.9 Å². The predicted molar refractivity (Wildman–Crippen MR) is 73.3 cm³/mol. The molecule has 2 aromatic carbocycles. The highest BCUT2D eigenvalue weighted by atomic mass is 32.1. The summed E-state index contributed by atoms with van der Waals surface area (Å²) in [5.41, 5.74) is 0.364. The van der Waals surface area contributed by atoms with Crippen molar-refractivity contribution in [3.8, 4) is 5.75 Å². The summed E-state index contributed by atoms with van der Waals surface area (Å²) in [6, 6.07) is 12.6. The molecule has 1 heterocycles. The molecule has 0 fully saturated rings. The molecule has 0 spiro atoms. The topological polar surface area (TPSA) is 37.3 Å². The van der Waals surface area contributed by atoms with E-state index < -0.39 is 5.82 Å². The average Bonchev–Trinajstić information content (AvgIpc) is 2.77. The van der Waals surface area contributed by atoms with E-state index in [2.05, 4.69) is 0 Å². The summed E-state index contributed by atoms with van der Waals surface area (Å²) in [6.45, 7) is 0. The van der Waals surface area contributed by atoms with Gasteiger partial charge in [0.05, 0.1) is 0 Å². The zero-order valence-electron chi connectivity index (χ0n) is 9.76. The van der Waals surface area contributed by atoms with Crippen LogP contribution in [0.2, 0.25) is 0 Å². The standard InChI is InChI=1S/C15H9FO2S/c16-10-7-5-9(6-8-10)13(17)15-14(18)11-3-1-2-4-12(11)19-15/h1-8,18H. The zero-order valence-corrected chi connectivity index (χ0v) is 10.6. The molecule has 0 atom stereocenters. The molecule has 0 saturated carbocycles. The van der Waals surface area contributed by atoms with Crippen LogP contribution in [-0.2, 0) is 0 Å². The van der Waals surface area contributed by atoms with Crippen molar-refractivity contribution in [2.45, 2.75) is 0 Å². The van der Waals surface area contributed by atoms with Crippen LogP contribution in [0.5, 0.6) is 5.75 Å². The summed E-state index contributed by atoms with van der Waals surface area (Å²) in [5.74, 6) is -0.689. The molecule has 0 aliphatic carbocycles. The van der Waals surface area contributed by atoms with E-state index in [4.69, 9.17) is 0 Å². The SMILES string of the molecule is O=C(c1ccc(F)cc1)c1sc2ccccc2c1O. The number of carbonyl (C=O) groups is 1. The van der Waals surface area contributed by atoms with Gasteiger partial charge in [-0.05, 0) is 36.4 Å². The van der Waals surface area contributed by atoms with Gasteiger partial charge in [-0.15, -0.1) is 11.3 Å². The number of halogens is 1. The van der Waals surface area contributed by atoms with E-state index in [1.807, 2.05) is 12.1 Å². The van der Waals surface area contributed by atoms with Crippen LogP contribution in [0.4, 0.5) is 4.39 Å². The molecule has 0 unspecified atom stereocenters. The molecule has 0 aliphatic rings. The van der Waals surface area contributed by atoms with Crippen LogP contribution in [0.15, 0.2) is 48.5 Å². The molecule has 3 aromatic rings. The minimum absolute atomic E-state index is 0.00470. The summed E-state index contributed by atoms with van der Waals surface area (Å²) in [6.07, 6.45) is 0. The molecule has 0 saturated heterocycles. The lowest BCUT2D eigenvalue weighted by atomic mass is 10.1. The fourth-order valence-electron chi connectivity index (χ4n) is 1.92. The van der Waals surface area contributed by atoms with Crippen molar-refractivity contribution >= 4 is 27.2 Å². The Kier molecular flexibility index (Phi) is 2.80. The molecule has 94 valence electrons. The summed E-state index contributed by atoms with van der Waals surface area (Å²) in [7, 11) is 0. The van der Waals surface area contributed by atoms with Crippen molar-refractivity contribution in [3.63, 3.8) is 0 Å². The third-order valence-electron chi connectivity index (χ3n) is 2.88. The first-order chi connectivity index (χ1) is 9.16. The Bertz CT molecular complexity index is 759. The second kappa shape index (κ2) is 4.48. The zero-order chi connectivity index (χ0) is 13.4. The van der Waals surface area contributed by atoms with Gasteiger partial charge in [0.2, 0.25) is 5.78 Å². The first kappa shape index (κ1) is 11.9. The highest BCUT2D eigenvalue weighted by molar-refractivity contribution is 7.21. The largest absolute Gasteiger partial charge is 0.506 e. The van der Waals surface area contributed by atoms with Crippen LogP contribution in [-0.4, -0.2) is 10.9 Å². The first-order valence-corrected chi connectivity index (χ1v) is 6.49. The van der Waals surface area contributed by atoms with E-state index >= 15 is 0 Å². The number of hydrogen-bond acceptors (Lipinski definition) is 3. The van der Waals surface area contributed by atoms with Crippen LogP contribution >= 0.6 is 11.3 Å². The minimum atomic E-state index is -0.392. The van der Waals surface area contributed by atoms with Gasteiger partial charge < -0.3 is 5.11 Å². The molecule has 0 bridgehead atoms. The van der Waals surface area contributed by atoms with Gasteiger partial charge in [0.15, 0.2) is 0 Å². The van der Waals surface area contributed by atoms with Gasteiger partial charge in [-0.3, -0.25) is 4.79 Å². The second-order valence-corrected chi connectivity index (χ2v) is 5.16. The van der Waals surface area contributed by atoms with Gasteiger partial charge in [0.25, 0.3) is 0 Å². The molecule has 1 N–H and O–H groups in total. The van der Waals surface area contributed by atoms with E-state index in [1.54, 1.807) is 12.1 Å². The number of rotatable bonds is 2. The van der Waals surface area contributed by atoms with E-state index in [9.17, 15) is 14.3 Å². The van der Waals surface area contributed by atoms with Gasteiger partial charge in [0.1, 0.15) is 16.4 Å². The van der Waals surface area contributed by atoms with Gasteiger partial charge in [0, 0.05) is 15.6 Å². The fraction of sp³-hybridized carbons (Fsp3) is 0. The Hall–Kier alpha value is -2.20. The molecule has 0 amide bonds. The molecule has 2 nitrogen and oxygen atoms in total. The summed E-state index contributed by atoms with van der Waals surface area (Å²) >= 11 is 1.24. The summed E-state index contributed by atoms with van der Waals surface area (Å²) in [5, 5.41) is 10.8. The number of benzene rings is 2. The van der Waals surface area contributed by atoms with Gasteiger partial charge in [-0.2, -0.15) is 0 Å². The molecule has 4 heteroatoms. The highest BCUT2D eigenvalue weighted by Crippen LogP contribution is 2.37. The Morgan fingerprint density at radius 1 is 1.05 bits per heavy atom. The van der Waals surface area contributed by atoms with Gasteiger partial charge >= 0.3 is 0 Å². The maximum Gasteiger partial charge on any atom is 0.206 e. The van der Waals surface area contributed by atoms with E-state index in [1.165, 1.54) is 35.6 Å². The van der Waals surface area contributed by atoms with Gasteiger partial charge in [-0.25, -0.2) is 4.39 Å². The number of carbonyl (C=O) groups excluding carboxylic acids is 1. The maximum atomic E-state index is 12.8. The number of ketones is 1. The maximum absolute atomic E-state index is 12.8. The summed E-state index contributed by atoms with van der Waals surface area (Å²) in [4.78, 5) is 12.6. The normalized spacial score (nSPS) is 10.8. The molecular formula is C15H9FO2S. The lowest BCUT2D eigenvalue weighted by Crippen LogP contribution is -1.98. The molecule has 0 radical (unpaired) electrons. The average molecular weight is 272 g/mol. The van der Waals surface area contributed by atoms with Crippen molar-refractivity contribution in [2.24, 2.45) is 0 Å². The Morgan fingerprint density at radius 3 is 2.42 bits per heavy atom. The predicted octanol–water partition coefficient (Wildman–Crippen LogP) is 3.98. The molecular weight excluding hydrogens is 263 g/mol. The molecule has 3 rings (SSSR count). The molecule has 19 heavy (non-hydrogen) atoms. The first-order valence-electron chi connectivity index (χ1n) is 5.67. The second-order valence-electron chi connectivity index (χ2n) is 4.11. The minimum Gasteiger partial charge on any atom is -0.506 e. The van der Waals surface area contributed by atoms with Crippen LogP contribution in [0.3, 0.4) is 0 Å². The van der Waals surface area contributed by atoms with Crippen LogP contribution in [0.25, 0.3) is 10.1 Å². The van der Waals surface area contributed by atoms with Crippen molar-refractivity contribution in [1.82, 2.24) is 0 Å².